The summed E-state index contributed by atoms with van der Waals surface area (Å²) in [5.41, 5.74) is 4.53. The molecule has 0 unspecified atom stereocenters. The van der Waals surface area contributed by atoms with E-state index in [9.17, 15) is 4.79 Å². The van der Waals surface area contributed by atoms with Crippen molar-refractivity contribution in [3.63, 3.8) is 0 Å². The summed E-state index contributed by atoms with van der Waals surface area (Å²) < 4.78 is 4.80. The third-order valence-corrected chi connectivity index (χ3v) is 5.03. The average molecular weight is 374 g/mol. The highest BCUT2D eigenvalue weighted by Crippen LogP contribution is 2.19. The Morgan fingerprint density at radius 3 is 2.59 bits per heavy atom. The zero-order valence-electron chi connectivity index (χ0n) is 14.8. The number of nitrogens with one attached hydrogen (secondary N) is 1. The summed E-state index contributed by atoms with van der Waals surface area (Å²) in [6, 6.07) is 23.6. The molecule has 0 spiro atoms. The van der Waals surface area contributed by atoms with E-state index in [4.69, 9.17) is 0 Å². The van der Waals surface area contributed by atoms with Gasteiger partial charge in [-0.3, -0.25) is 4.79 Å². The first-order valence-corrected chi connectivity index (χ1v) is 9.35. The molecule has 4 rings (SSSR count). The van der Waals surface area contributed by atoms with Crippen LogP contribution in [0.2, 0.25) is 0 Å². The van der Waals surface area contributed by atoms with Crippen molar-refractivity contribution in [1.29, 1.82) is 0 Å². The van der Waals surface area contributed by atoms with Gasteiger partial charge in [0.15, 0.2) is 0 Å². The number of carbonyl (C=O) groups is 1. The maximum absolute atomic E-state index is 12.5. The normalized spacial score (nSPS) is 10.7. The number of hydrogen-bond donors (Lipinski definition) is 1. The van der Waals surface area contributed by atoms with Gasteiger partial charge in [-0.1, -0.05) is 34.8 Å². The summed E-state index contributed by atoms with van der Waals surface area (Å²) in [6.07, 6.45) is 0. The second-order valence-electron chi connectivity index (χ2n) is 6.30. The van der Waals surface area contributed by atoms with Gasteiger partial charge < -0.3 is 10.2 Å². The van der Waals surface area contributed by atoms with Crippen LogP contribution in [-0.4, -0.2) is 22.5 Å². The number of anilines is 2. The molecule has 0 radical (unpaired) electrons. The summed E-state index contributed by atoms with van der Waals surface area (Å²) in [7, 11) is 2.06. The number of para-hydroxylation sites is 1. The Labute approximate surface area is 161 Å². The Hall–Kier alpha value is -3.25. The van der Waals surface area contributed by atoms with Gasteiger partial charge in [-0.25, -0.2) is 0 Å². The van der Waals surface area contributed by atoms with E-state index in [1.54, 1.807) is 6.07 Å². The first-order chi connectivity index (χ1) is 13.2. The van der Waals surface area contributed by atoms with Crippen LogP contribution in [0, 0.1) is 0 Å². The summed E-state index contributed by atoms with van der Waals surface area (Å²) in [5.74, 6) is -0.139. The minimum atomic E-state index is -0.139. The first-order valence-electron chi connectivity index (χ1n) is 8.58. The van der Waals surface area contributed by atoms with Crippen LogP contribution >= 0.6 is 11.5 Å². The predicted octanol–water partition coefficient (Wildman–Crippen LogP) is 4.58. The maximum atomic E-state index is 12.5. The van der Waals surface area contributed by atoms with Gasteiger partial charge in [0.2, 0.25) is 0 Å². The second kappa shape index (κ2) is 7.55. The van der Waals surface area contributed by atoms with Gasteiger partial charge in [-0.2, -0.15) is 0 Å². The van der Waals surface area contributed by atoms with Crippen molar-refractivity contribution in [3.05, 3.63) is 83.9 Å². The molecule has 1 N–H and O–H groups in total. The number of nitrogens with zero attached hydrogens (tertiary/aromatic N) is 3. The van der Waals surface area contributed by atoms with Gasteiger partial charge in [-0.15, -0.1) is 5.10 Å². The summed E-state index contributed by atoms with van der Waals surface area (Å²) in [6.45, 7) is 0.799. The Morgan fingerprint density at radius 2 is 1.81 bits per heavy atom. The lowest BCUT2D eigenvalue weighted by molar-refractivity contribution is 0.102. The zero-order valence-corrected chi connectivity index (χ0v) is 15.6. The fourth-order valence-corrected chi connectivity index (χ4v) is 3.46. The van der Waals surface area contributed by atoms with Crippen molar-refractivity contribution in [3.8, 4) is 0 Å². The van der Waals surface area contributed by atoms with Crippen LogP contribution in [0.15, 0.2) is 72.8 Å². The van der Waals surface area contributed by atoms with Crippen LogP contribution < -0.4 is 10.2 Å². The second-order valence-corrected chi connectivity index (χ2v) is 7.08. The van der Waals surface area contributed by atoms with Crippen LogP contribution in [0.25, 0.3) is 10.2 Å². The highest BCUT2D eigenvalue weighted by Gasteiger charge is 2.09. The van der Waals surface area contributed by atoms with E-state index in [0.717, 1.165) is 22.4 Å². The standard InChI is InChI=1S/C21H18N4OS/c1-25(18-5-3-2-4-6-18)14-15-7-10-17(11-8-15)22-21(26)16-9-12-19-20(13-16)27-24-23-19/h2-13H,14H2,1H3,(H,22,26). The molecule has 134 valence electrons. The Kier molecular flexibility index (Phi) is 4.80. The maximum Gasteiger partial charge on any atom is 0.255 e. The minimum Gasteiger partial charge on any atom is -0.370 e. The number of fused-ring (bicyclic) bond motifs is 1. The molecule has 1 aromatic heterocycles. The van der Waals surface area contributed by atoms with Crippen molar-refractivity contribution < 1.29 is 4.79 Å². The average Bonchev–Trinajstić information content (AvgIpc) is 3.18. The van der Waals surface area contributed by atoms with Crippen LogP contribution in [0.4, 0.5) is 11.4 Å². The van der Waals surface area contributed by atoms with Gasteiger partial charge in [0.1, 0.15) is 5.52 Å². The molecule has 1 amide bonds. The van der Waals surface area contributed by atoms with Crippen molar-refractivity contribution in [2.75, 3.05) is 17.3 Å². The Morgan fingerprint density at radius 1 is 1.04 bits per heavy atom. The number of carbonyl (C=O) groups excluding carboxylic acids is 1. The molecule has 5 nitrogen and oxygen atoms in total. The van der Waals surface area contributed by atoms with Gasteiger partial charge in [0.25, 0.3) is 5.91 Å². The summed E-state index contributed by atoms with van der Waals surface area (Å²) in [5, 5.41) is 6.93. The van der Waals surface area contributed by atoms with E-state index in [-0.39, 0.29) is 5.91 Å². The highest BCUT2D eigenvalue weighted by molar-refractivity contribution is 7.12. The van der Waals surface area contributed by atoms with Gasteiger partial charge >= 0.3 is 0 Å². The molecule has 0 bridgehead atoms. The first kappa shape index (κ1) is 17.2. The molecule has 3 aromatic carbocycles. The number of aromatic nitrogens is 2. The zero-order chi connectivity index (χ0) is 18.6. The molecule has 0 aliphatic rings. The number of benzene rings is 3. The lowest BCUT2D eigenvalue weighted by atomic mass is 10.1. The largest absolute Gasteiger partial charge is 0.370 e. The van der Waals surface area contributed by atoms with Crippen LogP contribution in [0.5, 0.6) is 0 Å². The molecule has 0 saturated carbocycles. The fraction of sp³-hybridized carbons (Fsp3) is 0.0952. The fourth-order valence-electron chi connectivity index (χ4n) is 2.86. The van der Waals surface area contributed by atoms with E-state index in [2.05, 4.69) is 39.0 Å². The molecule has 0 aliphatic carbocycles. The van der Waals surface area contributed by atoms with Crippen molar-refractivity contribution in [1.82, 2.24) is 9.59 Å². The molecule has 0 fully saturated rings. The third kappa shape index (κ3) is 3.96. The lowest BCUT2D eigenvalue weighted by Gasteiger charge is -2.19. The Balaban J connectivity index is 1.42. The molecule has 0 aliphatic heterocycles. The van der Waals surface area contributed by atoms with Crippen molar-refractivity contribution in [2.24, 2.45) is 0 Å². The smallest absolute Gasteiger partial charge is 0.255 e. The Bertz CT molecular complexity index is 1060. The van der Waals surface area contributed by atoms with Crippen LogP contribution in [-0.2, 0) is 6.54 Å². The van der Waals surface area contributed by atoms with Crippen molar-refractivity contribution >= 4 is 39.0 Å². The monoisotopic (exact) mass is 374 g/mol. The highest BCUT2D eigenvalue weighted by atomic mass is 32.1. The lowest BCUT2D eigenvalue weighted by Crippen LogP contribution is -2.16. The number of hydrogen-bond acceptors (Lipinski definition) is 5. The molecule has 0 atom stereocenters. The van der Waals surface area contributed by atoms with Gasteiger partial charge in [-0.05, 0) is 59.6 Å². The topological polar surface area (TPSA) is 58.1 Å². The predicted molar refractivity (Wildman–Crippen MR) is 110 cm³/mol. The van der Waals surface area contributed by atoms with E-state index >= 15 is 0 Å². The van der Waals surface area contributed by atoms with E-state index in [1.165, 1.54) is 22.8 Å². The van der Waals surface area contributed by atoms with Crippen LogP contribution in [0.3, 0.4) is 0 Å². The summed E-state index contributed by atoms with van der Waals surface area (Å²) >= 11 is 1.29. The molecular weight excluding hydrogens is 356 g/mol. The van der Waals surface area contributed by atoms with E-state index < -0.39 is 0 Å². The summed E-state index contributed by atoms with van der Waals surface area (Å²) in [4.78, 5) is 14.7. The SMILES string of the molecule is CN(Cc1ccc(NC(=O)c2ccc3nnsc3c2)cc1)c1ccccc1. The molecular formula is C21H18N4OS. The third-order valence-electron chi connectivity index (χ3n) is 4.34. The number of amides is 1. The van der Waals surface area contributed by atoms with Gasteiger partial charge in [0, 0.05) is 30.5 Å². The van der Waals surface area contributed by atoms with E-state index in [1.807, 2.05) is 54.6 Å². The molecule has 1 heterocycles. The van der Waals surface area contributed by atoms with Crippen molar-refractivity contribution in [2.45, 2.75) is 6.54 Å². The molecule has 0 saturated heterocycles. The quantitative estimate of drug-likeness (QED) is 0.555. The van der Waals surface area contributed by atoms with E-state index in [0.29, 0.717) is 5.56 Å². The minimum absolute atomic E-state index is 0.139. The van der Waals surface area contributed by atoms with Crippen LogP contribution in [0.1, 0.15) is 15.9 Å². The molecule has 4 aromatic rings. The molecule has 6 heteroatoms. The van der Waals surface area contributed by atoms with Gasteiger partial charge in [0.05, 0.1) is 4.70 Å². The number of rotatable bonds is 5. The molecule has 27 heavy (non-hydrogen) atoms.